The lowest BCUT2D eigenvalue weighted by Crippen LogP contribution is -2.02. The van der Waals surface area contributed by atoms with Crippen molar-refractivity contribution in [2.45, 2.75) is 0 Å². The maximum absolute atomic E-state index is 5.31. The molecule has 6 nitrogen and oxygen atoms in total. The third-order valence-electron chi connectivity index (χ3n) is 13.0. The van der Waals surface area contributed by atoms with Gasteiger partial charge in [-0.3, -0.25) is 0 Å². The summed E-state index contributed by atoms with van der Waals surface area (Å²) in [7, 11) is 0. The van der Waals surface area contributed by atoms with Gasteiger partial charge in [0.2, 0.25) is 0 Å². The zero-order chi connectivity index (χ0) is 45.0. The summed E-state index contributed by atoms with van der Waals surface area (Å²) in [5.41, 5.74) is 15.3. The molecule has 0 fully saturated rings. The Bertz CT molecular complexity index is 3880. The number of pyridine rings is 1. The Kier molecular flexibility index (Phi) is 9.39. The standard InChI is InChI=1S/C62H40N6/c1-6-20-41(21-7-1)53-37-46(38-54(63-53)42-22-8-2-9-23-42)50-36-45(62-65-60(43-24-10-3-11-25-43)64-61(66-62)44-26-12-4-13-27-44)34-35-57(50)68-56-33-19-17-31-49(56)52-39-58-51(40-59(52)68)48-30-16-18-32-55(48)67(58)47-28-14-5-15-29-47/h1-40H. The van der Waals surface area contributed by atoms with Gasteiger partial charge in [0.25, 0.3) is 0 Å². The summed E-state index contributed by atoms with van der Waals surface area (Å²) < 4.78 is 4.84. The van der Waals surface area contributed by atoms with Gasteiger partial charge in [-0.2, -0.15) is 0 Å². The summed E-state index contributed by atoms with van der Waals surface area (Å²) in [6, 6.07) is 85.2. The number of benzene rings is 9. The van der Waals surface area contributed by atoms with Crippen molar-refractivity contribution in [3.8, 4) is 79.2 Å². The van der Waals surface area contributed by atoms with Crippen LogP contribution in [0.4, 0.5) is 0 Å². The van der Waals surface area contributed by atoms with Gasteiger partial charge >= 0.3 is 0 Å². The van der Waals surface area contributed by atoms with Crippen LogP contribution in [0.15, 0.2) is 243 Å². The second-order valence-corrected chi connectivity index (χ2v) is 17.1. The van der Waals surface area contributed by atoms with Gasteiger partial charge in [-0.15, -0.1) is 0 Å². The molecule has 0 aliphatic rings. The smallest absolute Gasteiger partial charge is 0.164 e. The molecule has 0 N–H and O–H groups in total. The molecule has 0 aliphatic carbocycles. The normalized spacial score (nSPS) is 11.5. The minimum atomic E-state index is 0.587. The van der Waals surface area contributed by atoms with Gasteiger partial charge in [-0.1, -0.05) is 176 Å². The Morgan fingerprint density at radius 2 is 0.662 bits per heavy atom. The van der Waals surface area contributed by atoms with E-state index in [2.05, 4.69) is 179 Å². The van der Waals surface area contributed by atoms with Crippen molar-refractivity contribution in [3.05, 3.63) is 243 Å². The van der Waals surface area contributed by atoms with Crippen molar-refractivity contribution in [1.82, 2.24) is 29.1 Å². The molecule has 0 unspecified atom stereocenters. The van der Waals surface area contributed by atoms with Crippen LogP contribution in [0, 0.1) is 0 Å². The molecule has 13 rings (SSSR count). The first kappa shape index (κ1) is 39.1. The first-order valence-corrected chi connectivity index (χ1v) is 22.9. The van der Waals surface area contributed by atoms with Crippen molar-refractivity contribution < 1.29 is 0 Å². The molecule has 13 aromatic rings. The second kappa shape index (κ2) is 16.3. The highest BCUT2D eigenvalue weighted by Crippen LogP contribution is 2.43. The summed E-state index contributed by atoms with van der Waals surface area (Å²) in [5.74, 6) is 1.81. The zero-order valence-electron chi connectivity index (χ0n) is 36.8. The molecule has 318 valence electrons. The maximum atomic E-state index is 5.31. The van der Waals surface area contributed by atoms with Crippen molar-refractivity contribution in [2.75, 3.05) is 0 Å². The molecule has 0 saturated carbocycles. The van der Waals surface area contributed by atoms with Crippen molar-refractivity contribution >= 4 is 43.6 Å². The van der Waals surface area contributed by atoms with Gasteiger partial charge in [0, 0.05) is 60.6 Å². The Morgan fingerprint density at radius 3 is 1.18 bits per heavy atom. The number of para-hydroxylation sites is 3. The summed E-state index contributed by atoms with van der Waals surface area (Å²) in [6.45, 7) is 0. The van der Waals surface area contributed by atoms with Crippen LogP contribution in [0.5, 0.6) is 0 Å². The van der Waals surface area contributed by atoms with E-state index in [1.807, 2.05) is 72.8 Å². The molecule has 0 atom stereocenters. The van der Waals surface area contributed by atoms with Crippen LogP contribution in [0.25, 0.3) is 123 Å². The van der Waals surface area contributed by atoms with Gasteiger partial charge in [0.15, 0.2) is 17.5 Å². The lowest BCUT2D eigenvalue weighted by atomic mass is 9.96. The van der Waals surface area contributed by atoms with Crippen LogP contribution in [-0.4, -0.2) is 29.1 Å². The van der Waals surface area contributed by atoms with Gasteiger partial charge < -0.3 is 9.13 Å². The zero-order valence-corrected chi connectivity index (χ0v) is 36.8. The summed E-state index contributed by atoms with van der Waals surface area (Å²) in [6.07, 6.45) is 0. The van der Waals surface area contributed by atoms with E-state index in [1.54, 1.807) is 0 Å². The number of hydrogen-bond donors (Lipinski definition) is 0. The largest absolute Gasteiger partial charge is 0.309 e. The van der Waals surface area contributed by atoms with Crippen LogP contribution in [0.1, 0.15) is 0 Å². The maximum Gasteiger partial charge on any atom is 0.164 e. The monoisotopic (exact) mass is 868 g/mol. The highest BCUT2D eigenvalue weighted by atomic mass is 15.0. The fraction of sp³-hybridized carbons (Fsp3) is 0. The molecule has 68 heavy (non-hydrogen) atoms. The third-order valence-corrected chi connectivity index (χ3v) is 13.0. The predicted octanol–water partition coefficient (Wildman–Crippen LogP) is 15.5. The highest BCUT2D eigenvalue weighted by molar-refractivity contribution is 6.19. The molecule has 6 heteroatoms. The van der Waals surface area contributed by atoms with E-state index in [1.165, 1.54) is 27.1 Å². The molecule has 0 amide bonds. The van der Waals surface area contributed by atoms with E-state index in [0.717, 1.165) is 78.3 Å². The van der Waals surface area contributed by atoms with Gasteiger partial charge in [-0.05, 0) is 72.3 Å². The average Bonchev–Trinajstić information content (AvgIpc) is 3.92. The predicted molar refractivity (Wildman–Crippen MR) is 279 cm³/mol. The average molecular weight is 869 g/mol. The minimum absolute atomic E-state index is 0.587. The molecular formula is C62H40N6. The number of aromatic nitrogens is 6. The van der Waals surface area contributed by atoms with E-state index < -0.39 is 0 Å². The van der Waals surface area contributed by atoms with Crippen LogP contribution in [-0.2, 0) is 0 Å². The van der Waals surface area contributed by atoms with E-state index in [9.17, 15) is 0 Å². The highest BCUT2D eigenvalue weighted by Gasteiger charge is 2.22. The number of nitrogens with zero attached hydrogens (tertiary/aromatic N) is 6. The van der Waals surface area contributed by atoms with E-state index in [4.69, 9.17) is 19.9 Å². The van der Waals surface area contributed by atoms with Crippen LogP contribution in [0.2, 0.25) is 0 Å². The van der Waals surface area contributed by atoms with Crippen molar-refractivity contribution in [2.24, 2.45) is 0 Å². The topological polar surface area (TPSA) is 61.4 Å². The lowest BCUT2D eigenvalue weighted by molar-refractivity contribution is 1.07. The molecule has 4 heterocycles. The number of hydrogen-bond acceptors (Lipinski definition) is 4. The van der Waals surface area contributed by atoms with E-state index >= 15 is 0 Å². The lowest BCUT2D eigenvalue weighted by Gasteiger charge is -2.18. The summed E-state index contributed by atoms with van der Waals surface area (Å²) in [4.78, 5) is 20.7. The van der Waals surface area contributed by atoms with Gasteiger partial charge in [-0.25, -0.2) is 19.9 Å². The molecule has 9 aromatic carbocycles. The fourth-order valence-corrected chi connectivity index (χ4v) is 9.78. The summed E-state index contributed by atoms with van der Waals surface area (Å²) >= 11 is 0. The van der Waals surface area contributed by atoms with Crippen LogP contribution in [0.3, 0.4) is 0 Å². The first-order valence-electron chi connectivity index (χ1n) is 22.9. The molecule has 0 bridgehead atoms. The first-order chi connectivity index (χ1) is 33.7. The third kappa shape index (κ3) is 6.74. The van der Waals surface area contributed by atoms with Crippen molar-refractivity contribution in [1.29, 1.82) is 0 Å². The van der Waals surface area contributed by atoms with Crippen LogP contribution < -0.4 is 0 Å². The van der Waals surface area contributed by atoms with E-state index in [-0.39, 0.29) is 0 Å². The van der Waals surface area contributed by atoms with Crippen molar-refractivity contribution in [3.63, 3.8) is 0 Å². The summed E-state index contributed by atoms with van der Waals surface area (Å²) in [5, 5.41) is 4.73. The van der Waals surface area contributed by atoms with Crippen LogP contribution >= 0.6 is 0 Å². The number of rotatable bonds is 8. The minimum Gasteiger partial charge on any atom is -0.309 e. The molecule has 0 radical (unpaired) electrons. The number of fused-ring (bicyclic) bond motifs is 6. The second-order valence-electron chi connectivity index (χ2n) is 17.1. The molecule has 0 aliphatic heterocycles. The Labute approximate surface area is 392 Å². The SMILES string of the molecule is c1ccc(-c2cc(-c3cc(-c4nc(-c5ccccc5)nc(-c5ccccc5)n4)ccc3-n3c4ccccc4c4cc5c(cc43)c3ccccc3n5-c3ccccc3)cc(-c3ccccc3)n2)cc1. The molecule has 4 aromatic heterocycles. The van der Waals surface area contributed by atoms with Gasteiger partial charge in [0.05, 0.1) is 39.1 Å². The Balaban J connectivity index is 1.12. The molecule has 0 saturated heterocycles. The Hall–Kier alpha value is -9.26. The molecular weight excluding hydrogens is 829 g/mol. The Morgan fingerprint density at radius 1 is 0.250 bits per heavy atom. The van der Waals surface area contributed by atoms with Gasteiger partial charge in [0.1, 0.15) is 0 Å². The van der Waals surface area contributed by atoms with E-state index in [0.29, 0.717) is 17.5 Å². The fourth-order valence-electron chi connectivity index (χ4n) is 9.78. The quantitative estimate of drug-likeness (QED) is 0.153. The molecule has 0 spiro atoms.